The molecule has 2 N–H and O–H groups in total. The number of fused-ring (bicyclic) bond motifs is 4. The Morgan fingerprint density at radius 1 is 0.927 bits per heavy atom. The molecule has 218 valence electrons. The minimum absolute atomic E-state index is 0.00907. The second-order valence-electron chi connectivity index (χ2n) is 10.8. The molecule has 1 aromatic carbocycles. The van der Waals surface area contributed by atoms with Gasteiger partial charge in [-0.1, -0.05) is 0 Å². The van der Waals surface area contributed by atoms with Crippen LogP contribution in [0.3, 0.4) is 0 Å². The summed E-state index contributed by atoms with van der Waals surface area (Å²) in [6.45, 7) is 1.79. The molecular weight excluding hydrogens is 544 g/mol. The van der Waals surface area contributed by atoms with Gasteiger partial charge in [0.15, 0.2) is 29.8 Å². The summed E-state index contributed by atoms with van der Waals surface area (Å²) in [6.07, 6.45) is -4.35. The standard InChI is InChI=1S/C28H28O13/c1-10-35-8-19-26(39-10)23(31)24(32)28(40-19)41-25-13-6-17-16(37-9-38-17)5-12(13)20(21-14(25)7-36-27(21)33)11-3-15(29)22(30)18(4-11)34-2/h3-6,10,14,19-21,23-26,28,31-32H,7-9H2,1-2H3/t10-,14-,19-,20+,21-,23-,24-,25+,26-,28+/m0/s1. The normalized spacial score (nSPS) is 39.3. The number of hydrogen-bond acceptors (Lipinski definition) is 13. The molecule has 0 radical (unpaired) electrons. The van der Waals surface area contributed by atoms with Crippen molar-refractivity contribution in [2.45, 2.75) is 55.9 Å². The predicted molar refractivity (Wildman–Crippen MR) is 131 cm³/mol. The summed E-state index contributed by atoms with van der Waals surface area (Å²) in [5, 5.41) is 21.8. The van der Waals surface area contributed by atoms with Crippen LogP contribution in [0.1, 0.15) is 30.1 Å². The molecule has 41 heavy (non-hydrogen) atoms. The second kappa shape index (κ2) is 9.89. The number of allylic oxidation sites excluding steroid dienone is 4. The van der Waals surface area contributed by atoms with E-state index < -0.39 is 78.4 Å². The van der Waals surface area contributed by atoms with Crippen molar-refractivity contribution >= 4 is 17.5 Å². The Morgan fingerprint density at radius 2 is 1.68 bits per heavy atom. The first-order chi connectivity index (χ1) is 19.7. The number of carbonyl (C=O) groups excluding carboxylic acids is 3. The molecule has 0 aromatic heterocycles. The molecule has 3 fully saturated rings. The van der Waals surface area contributed by atoms with Crippen LogP contribution in [0.5, 0.6) is 11.5 Å². The van der Waals surface area contributed by atoms with Gasteiger partial charge in [0.1, 0.15) is 24.4 Å². The third-order valence-corrected chi connectivity index (χ3v) is 8.51. The predicted octanol–water partition coefficient (Wildman–Crippen LogP) is 0.176. The lowest BCUT2D eigenvalue weighted by Crippen LogP contribution is -2.63. The van der Waals surface area contributed by atoms with Gasteiger partial charge < -0.3 is 48.1 Å². The van der Waals surface area contributed by atoms with Crippen molar-refractivity contribution in [3.05, 3.63) is 46.7 Å². The van der Waals surface area contributed by atoms with Gasteiger partial charge >= 0.3 is 5.97 Å². The first-order valence-corrected chi connectivity index (χ1v) is 13.3. The number of aliphatic hydroxyl groups is 2. The maximum Gasteiger partial charge on any atom is 0.310 e. The third-order valence-electron chi connectivity index (χ3n) is 8.51. The molecule has 3 saturated heterocycles. The minimum Gasteiger partial charge on any atom is -0.492 e. The van der Waals surface area contributed by atoms with E-state index in [0.717, 1.165) is 0 Å². The Kier molecular flexibility index (Phi) is 6.41. The summed E-state index contributed by atoms with van der Waals surface area (Å²) < 4.78 is 45.5. The highest BCUT2D eigenvalue weighted by Gasteiger charge is 2.56. The lowest BCUT2D eigenvalue weighted by Gasteiger charge is -2.47. The molecule has 2 aliphatic carbocycles. The van der Waals surface area contributed by atoms with E-state index >= 15 is 0 Å². The maximum absolute atomic E-state index is 13.3. The summed E-state index contributed by atoms with van der Waals surface area (Å²) >= 11 is 0. The summed E-state index contributed by atoms with van der Waals surface area (Å²) in [6, 6.07) is 3.45. The Morgan fingerprint density at radius 3 is 2.44 bits per heavy atom. The fraction of sp³-hybridized carbons (Fsp3) is 0.536. The van der Waals surface area contributed by atoms with Crippen LogP contribution >= 0.6 is 0 Å². The fourth-order valence-electron chi connectivity index (χ4n) is 6.57. The van der Waals surface area contributed by atoms with E-state index in [2.05, 4.69) is 0 Å². The summed E-state index contributed by atoms with van der Waals surface area (Å²) in [7, 11) is 1.29. The monoisotopic (exact) mass is 572 g/mol. The van der Waals surface area contributed by atoms with Crippen LogP contribution in [0.2, 0.25) is 0 Å². The summed E-state index contributed by atoms with van der Waals surface area (Å²) in [5.41, 5.74) is 1.58. The maximum atomic E-state index is 13.3. The van der Waals surface area contributed by atoms with Crippen LogP contribution in [-0.4, -0.2) is 91.9 Å². The second-order valence-corrected chi connectivity index (χ2v) is 10.8. The number of methoxy groups -OCH3 is 1. The van der Waals surface area contributed by atoms with Gasteiger partial charge in [0.2, 0.25) is 12.6 Å². The van der Waals surface area contributed by atoms with Crippen molar-refractivity contribution in [3.8, 4) is 11.5 Å². The van der Waals surface area contributed by atoms with Gasteiger partial charge in [0.25, 0.3) is 5.78 Å². The van der Waals surface area contributed by atoms with Crippen molar-refractivity contribution < 1.29 is 62.5 Å². The number of rotatable bonds is 4. The average Bonchev–Trinajstić information content (AvgIpc) is 3.58. The number of benzene rings is 1. The Labute approximate surface area is 233 Å². The smallest absolute Gasteiger partial charge is 0.310 e. The number of ketones is 2. The van der Waals surface area contributed by atoms with Gasteiger partial charge in [-0.15, -0.1) is 0 Å². The number of cyclic esters (lactones) is 1. The third kappa shape index (κ3) is 4.18. The van der Waals surface area contributed by atoms with E-state index in [-0.39, 0.29) is 25.8 Å². The van der Waals surface area contributed by atoms with Gasteiger partial charge in [0, 0.05) is 11.8 Å². The van der Waals surface area contributed by atoms with Gasteiger partial charge in [-0.2, -0.15) is 0 Å². The lowest BCUT2D eigenvalue weighted by molar-refractivity contribution is -0.364. The van der Waals surface area contributed by atoms with Gasteiger partial charge in [-0.3, -0.25) is 14.4 Å². The van der Waals surface area contributed by atoms with Crippen LogP contribution in [-0.2, 0) is 42.8 Å². The highest BCUT2D eigenvalue weighted by Crippen LogP contribution is 2.56. The van der Waals surface area contributed by atoms with Gasteiger partial charge in [-0.05, 0) is 47.9 Å². The molecule has 13 heteroatoms. The van der Waals surface area contributed by atoms with Crippen molar-refractivity contribution in [1.82, 2.24) is 0 Å². The number of ether oxygens (including phenoxy) is 8. The zero-order valence-corrected chi connectivity index (χ0v) is 22.1. The van der Waals surface area contributed by atoms with Crippen molar-refractivity contribution in [2.24, 2.45) is 11.8 Å². The van der Waals surface area contributed by atoms with E-state index in [9.17, 15) is 24.6 Å². The molecule has 0 bridgehead atoms. The average molecular weight is 573 g/mol. The molecule has 1 aromatic rings. The van der Waals surface area contributed by atoms with Gasteiger partial charge in [-0.25, -0.2) is 0 Å². The fourth-order valence-corrected chi connectivity index (χ4v) is 6.57. The van der Waals surface area contributed by atoms with Crippen LogP contribution in [0.15, 0.2) is 35.6 Å². The largest absolute Gasteiger partial charge is 0.492 e. The highest BCUT2D eigenvalue weighted by molar-refractivity contribution is 6.47. The van der Waals surface area contributed by atoms with Gasteiger partial charge in [0.05, 0.1) is 32.3 Å². The Bertz CT molecular complexity index is 1360. The topological polar surface area (TPSA) is 166 Å². The minimum atomic E-state index is -1.47. The first-order valence-electron chi connectivity index (χ1n) is 13.3. The lowest BCUT2D eigenvalue weighted by atomic mass is 9.65. The molecular formula is C28H28O13. The number of hydrogen-bond donors (Lipinski definition) is 2. The molecule has 4 heterocycles. The van der Waals surface area contributed by atoms with E-state index in [0.29, 0.717) is 28.2 Å². The SMILES string of the molecule is COC1=CC([C@@H]2c3cc4c(cc3[C@@H](O[C@H]3O[C@H]5CO[C@H](C)O[C@@H]5[C@@H](O)[C@@H]3O)[C@H]3COC(=O)[C@@H]32)OCO4)=CC(=O)C1=O. The Hall–Kier alpha value is -3.33. The number of esters is 1. The zero-order chi connectivity index (χ0) is 28.6. The van der Waals surface area contributed by atoms with E-state index in [1.807, 2.05) is 0 Å². The van der Waals surface area contributed by atoms with Crippen molar-refractivity contribution in [2.75, 3.05) is 27.1 Å². The zero-order valence-electron chi connectivity index (χ0n) is 22.1. The molecule has 10 atom stereocenters. The van der Waals surface area contributed by atoms with E-state index in [1.165, 1.54) is 19.3 Å². The molecule has 7 rings (SSSR count). The van der Waals surface area contributed by atoms with E-state index in [4.69, 9.17) is 37.9 Å². The van der Waals surface area contributed by atoms with Crippen LogP contribution in [0.4, 0.5) is 0 Å². The molecule has 4 aliphatic heterocycles. The number of carbonyl (C=O) groups is 3. The van der Waals surface area contributed by atoms with Crippen LogP contribution < -0.4 is 9.47 Å². The van der Waals surface area contributed by atoms with Crippen molar-refractivity contribution in [1.29, 1.82) is 0 Å². The molecule has 0 unspecified atom stereocenters. The van der Waals surface area contributed by atoms with Crippen LogP contribution in [0.25, 0.3) is 0 Å². The van der Waals surface area contributed by atoms with Crippen molar-refractivity contribution in [3.63, 3.8) is 0 Å². The summed E-state index contributed by atoms with van der Waals surface area (Å²) in [5.74, 6) is -3.43. The molecule has 0 saturated carbocycles. The highest BCUT2D eigenvalue weighted by atomic mass is 16.8. The van der Waals surface area contributed by atoms with E-state index in [1.54, 1.807) is 19.1 Å². The molecule has 13 nitrogen and oxygen atoms in total. The van der Waals surface area contributed by atoms with Crippen LogP contribution in [0, 0.1) is 11.8 Å². The number of aliphatic hydroxyl groups excluding tert-OH is 2. The Balaban J connectivity index is 1.30. The molecule has 0 amide bonds. The number of Topliss-reactive ketones (excluding diaryl/α,β-unsaturated/α-hetero) is 1. The first kappa shape index (κ1) is 26.6. The summed E-state index contributed by atoms with van der Waals surface area (Å²) in [4.78, 5) is 38.2. The molecule has 0 spiro atoms. The quantitative estimate of drug-likeness (QED) is 0.285. The molecule has 6 aliphatic rings.